The summed E-state index contributed by atoms with van der Waals surface area (Å²) < 4.78 is 8.70. The first-order chi connectivity index (χ1) is 9.61. The molecule has 4 nitrogen and oxygen atoms in total. The van der Waals surface area contributed by atoms with E-state index in [0.29, 0.717) is 12.2 Å². The van der Waals surface area contributed by atoms with Gasteiger partial charge in [-0.15, -0.1) is 0 Å². The molecule has 2 rings (SSSR count). The standard InChI is InChI=1S/C15H16BrN3O/c1-11-15(16)12(2)19(18-11)8-3-9-20-14-6-4-13(10-17)5-7-14/h4-7H,3,8-9H2,1-2H3. The van der Waals surface area contributed by atoms with Crippen molar-refractivity contribution in [1.29, 1.82) is 5.26 Å². The second-order valence-electron chi connectivity index (χ2n) is 4.55. The lowest BCUT2D eigenvalue weighted by Crippen LogP contribution is -2.07. The van der Waals surface area contributed by atoms with E-state index in [-0.39, 0.29) is 0 Å². The van der Waals surface area contributed by atoms with Gasteiger partial charge in [-0.1, -0.05) is 0 Å². The van der Waals surface area contributed by atoms with Crippen LogP contribution in [0, 0.1) is 25.2 Å². The molecule has 0 saturated heterocycles. The van der Waals surface area contributed by atoms with Crippen molar-refractivity contribution in [2.45, 2.75) is 26.8 Å². The van der Waals surface area contributed by atoms with Crippen molar-refractivity contribution in [3.63, 3.8) is 0 Å². The molecule has 0 spiro atoms. The lowest BCUT2D eigenvalue weighted by molar-refractivity contribution is 0.298. The number of rotatable bonds is 5. The molecule has 2 aromatic rings. The van der Waals surface area contributed by atoms with E-state index in [9.17, 15) is 0 Å². The molecule has 0 fully saturated rings. The molecule has 20 heavy (non-hydrogen) atoms. The normalized spacial score (nSPS) is 10.3. The Morgan fingerprint density at radius 2 is 2.00 bits per heavy atom. The van der Waals surface area contributed by atoms with Crippen LogP contribution in [-0.2, 0) is 6.54 Å². The summed E-state index contributed by atoms with van der Waals surface area (Å²) in [5.74, 6) is 0.790. The molecule has 104 valence electrons. The molecule has 5 heteroatoms. The van der Waals surface area contributed by atoms with Gasteiger partial charge in [0.05, 0.1) is 28.4 Å². The highest BCUT2D eigenvalue weighted by Crippen LogP contribution is 2.20. The summed E-state index contributed by atoms with van der Waals surface area (Å²) in [6.07, 6.45) is 0.883. The Bertz CT molecular complexity index is 626. The molecule has 0 aliphatic rings. The molecule has 0 aliphatic heterocycles. The highest BCUT2D eigenvalue weighted by atomic mass is 79.9. The third-order valence-electron chi connectivity index (χ3n) is 3.06. The average Bonchev–Trinajstić information content (AvgIpc) is 2.71. The number of halogens is 1. The number of benzene rings is 1. The minimum atomic E-state index is 0.627. The number of hydrogen-bond donors (Lipinski definition) is 0. The zero-order chi connectivity index (χ0) is 14.5. The van der Waals surface area contributed by atoms with Crippen molar-refractivity contribution in [1.82, 2.24) is 9.78 Å². The summed E-state index contributed by atoms with van der Waals surface area (Å²) in [6, 6.07) is 9.24. The van der Waals surface area contributed by atoms with Gasteiger partial charge in [0.2, 0.25) is 0 Å². The summed E-state index contributed by atoms with van der Waals surface area (Å²) in [4.78, 5) is 0. The summed E-state index contributed by atoms with van der Waals surface area (Å²) in [6.45, 7) is 5.49. The van der Waals surface area contributed by atoms with Crippen LogP contribution in [0.2, 0.25) is 0 Å². The van der Waals surface area contributed by atoms with Crippen LogP contribution >= 0.6 is 15.9 Å². The first-order valence-electron chi connectivity index (χ1n) is 6.44. The van der Waals surface area contributed by atoms with Crippen LogP contribution in [0.15, 0.2) is 28.7 Å². The van der Waals surface area contributed by atoms with E-state index in [1.807, 2.05) is 30.7 Å². The van der Waals surface area contributed by atoms with Gasteiger partial charge < -0.3 is 4.74 Å². The topological polar surface area (TPSA) is 50.8 Å². The molecular weight excluding hydrogens is 318 g/mol. The van der Waals surface area contributed by atoms with Gasteiger partial charge in [0.1, 0.15) is 5.75 Å². The predicted molar refractivity (Wildman–Crippen MR) is 80.7 cm³/mol. The molecule has 0 saturated carbocycles. The second kappa shape index (κ2) is 6.58. The summed E-state index contributed by atoms with van der Waals surface area (Å²) in [5, 5.41) is 13.2. The van der Waals surface area contributed by atoms with Crippen LogP contribution in [-0.4, -0.2) is 16.4 Å². The molecule has 0 N–H and O–H groups in total. The molecule has 0 radical (unpaired) electrons. The van der Waals surface area contributed by atoms with E-state index in [1.54, 1.807) is 12.1 Å². The number of hydrogen-bond acceptors (Lipinski definition) is 3. The van der Waals surface area contributed by atoms with Crippen molar-refractivity contribution in [3.05, 3.63) is 45.7 Å². The number of ether oxygens (including phenoxy) is 1. The highest BCUT2D eigenvalue weighted by molar-refractivity contribution is 9.10. The maximum absolute atomic E-state index is 8.71. The molecule has 0 amide bonds. The van der Waals surface area contributed by atoms with Crippen molar-refractivity contribution >= 4 is 15.9 Å². The molecular formula is C15H16BrN3O. The van der Waals surface area contributed by atoms with Gasteiger partial charge in [-0.3, -0.25) is 4.68 Å². The molecule has 1 aromatic carbocycles. The number of nitriles is 1. The van der Waals surface area contributed by atoms with Crippen LogP contribution in [0.5, 0.6) is 5.75 Å². The monoisotopic (exact) mass is 333 g/mol. The summed E-state index contributed by atoms with van der Waals surface area (Å²) in [5.41, 5.74) is 2.79. The predicted octanol–water partition coefficient (Wildman–Crippen LogP) is 3.60. The van der Waals surface area contributed by atoms with Gasteiger partial charge in [0.25, 0.3) is 0 Å². The first-order valence-corrected chi connectivity index (χ1v) is 7.23. The lowest BCUT2D eigenvalue weighted by Gasteiger charge is -2.07. The Hall–Kier alpha value is -1.80. The number of nitrogens with zero attached hydrogens (tertiary/aromatic N) is 3. The van der Waals surface area contributed by atoms with Gasteiger partial charge in [-0.25, -0.2) is 0 Å². The van der Waals surface area contributed by atoms with E-state index >= 15 is 0 Å². The fraction of sp³-hybridized carbons (Fsp3) is 0.333. The van der Waals surface area contributed by atoms with Gasteiger partial charge in [-0.05, 0) is 54.0 Å². The van der Waals surface area contributed by atoms with E-state index < -0.39 is 0 Å². The van der Waals surface area contributed by atoms with E-state index in [1.165, 1.54) is 0 Å². The Kier molecular flexibility index (Phi) is 4.80. The SMILES string of the molecule is Cc1nn(CCCOc2ccc(C#N)cc2)c(C)c1Br. The number of aryl methyl sites for hydroxylation is 2. The maximum Gasteiger partial charge on any atom is 0.119 e. The Morgan fingerprint density at radius 1 is 1.30 bits per heavy atom. The zero-order valence-corrected chi connectivity index (χ0v) is 13.1. The van der Waals surface area contributed by atoms with E-state index in [2.05, 4.69) is 27.1 Å². The average molecular weight is 334 g/mol. The Labute approximate surface area is 127 Å². The van der Waals surface area contributed by atoms with E-state index in [4.69, 9.17) is 10.00 Å². The molecule has 0 aliphatic carbocycles. The highest BCUT2D eigenvalue weighted by Gasteiger charge is 2.07. The van der Waals surface area contributed by atoms with E-state index in [0.717, 1.165) is 34.6 Å². The van der Waals surface area contributed by atoms with Crippen molar-refractivity contribution in [3.8, 4) is 11.8 Å². The van der Waals surface area contributed by atoms with Crippen LogP contribution in [0.1, 0.15) is 23.4 Å². The van der Waals surface area contributed by atoms with Crippen molar-refractivity contribution < 1.29 is 4.74 Å². The third-order valence-corrected chi connectivity index (χ3v) is 4.21. The van der Waals surface area contributed by atoms with Crippen LogP contribution in [0.4, 0.5) is 0 Å². The first kappa shape index (κ1) is 14.6. The fourth-order valence-corrected chi connectivity index (χ4v) is 2.21. The quantitative estimate of drug-likeness (QED) is 0.785. The minimum Gasteiger partial charge on any atom is -0.494 e. The Morgan fingerprint density at radius 3 is 2.55 bits per heavy atom. The summed E-state index contributed by atoms with van der Waals surface area (Å²) in [7, 11) is 0. The van der Waals surface area contributed by atoms with Crippen LogP contribution in [0.25, 0.3) is 0 Å². The third kappa shape index (κ3) is 3.40. The summed E-state index contributed by atoms with van der Waals surface area (Å²) >= 11 is 3.52. The zero-order valence-electron chi connectivity index (χ0n) is 11.6. The Balaban J connectivity index is 1.81. The van der Waals surface area contributed by atoms with Gasteiger partial charge >= 0.3 is 0 Å². The fourth-order valence-electron chi connectivity index (χ4n) is 1.92. The molecule has 0 atom stereocenters. The molecule has 0 unspecified atom stereocenters. The molecule has 1 aromatic heterocycles. The maximum atomic E-state index is 8.71. The van der Waals surface area contributed by atoms with Gasteiger partial charge in [-0.2, -0.15) is 10.4 Å². The van der Waals surface area contributed by atoms with Gasteiger partial charge in [0.15, 0.2) is 0 Å². The van der Waals surface area contributed by atoms with Crippen molar-refractivity contribution in [2.24, 2.45) is 0 Å². The van der Waals surface area contributed by atoms with Crippen LogP contribution in [0.3, 0.4) is 0 Å². The largest absolute Gasteiger partial charge is 0.494 e. The lowest BCUT2D eigenvalue weighted by atomic mass is 10.2. The molecule has 1 heterocycles. The van der Waals surface area contributed by atoms with Crippen molar-refractivity contribution in [2.75, 3.05) is 6.61 Å². The van der Waals surface area contributed by atoms with Gasteiger partial charge in [0, 0.05) is 18.7 Å². The number of aromatic nitrogens is 2. The molecule has 0 bridgehead atoms. The minimum absolute atomic E-state index is 0.627. The van der Waals surface area contributed by atoms with Crippen LogP contribution < -0.4 is 4.74 Å². The second-order valence-corrected chi connectivity index (χ2v) is 5.34. The smallest absolute Gasteiger partial charge is 0.119 e.